The molecule has 3 rings (SSSR count). The smallest absolute Gasteiger partial charge is 0.328 e. The molecule has 3 N–H and O–H groups in total. The van der Waals surface area contributed by atoms with Crippen LogP contribution in [0.5, 0.6) is 0 Å². The summed E-state index contributed by atoms with van der Waals surface area (Å²) in [5.74, 6) is -1.14. The molecule has 0 amide bonds. The summed E-state index contributed by atoms with van der Waals surface area (Å²) in [6.07, 6.45) is 5.76. The molecule has 0 aliphatic heterocycles. The van der Waals surface area contributed by atoms with E-state index >= 15 is 0 Å². The normalized spacial score (nSPS) is 35.9. The van der Waals surface area contributed by atoms with Crippen LogP contribution in [0, 0.1) is 34.0 Å². The van der Waals surface area contributed by atoms with Crippen molar-refractivity contribution in [1.82, 2.24) is 4.90 Å². The Hall–Kier alpha value is -2.17. The van der Waals surface area contributed by atoms with Gasteiger partial charge in [-0.2, -0.15) is 0 Å². The second kappa shape index (κ2) is 15.0. The summed E-state index contributed by atoms with van der Waals surface area (Å²) >= 11 is 1.61. The number of Topliss-reactive ketones (excluding diaryl/α,β-unsaturated/α-hetero) is 1. The molecule has 2 bridgehead atoms. The number of hydrogen-bond donors (Lipinski definition) is 3. The lowest BCUT2D eigenvalue weighted by Gasteiger charge is -2.61. The summed E-state index contributed by atoms with van der Waals surface area (Å²) in [5.41, 5.74) is -1.25. The molecule has 9 nitrogen and oxygen atoms in total. The molecule has 10 heteroatoms. The summed E-state index contributed by atoms with van der Waals surface area (Å²) < 4.78 is 6.30. The van der Waals surface area contributed by atoms with Gasteiger partial charge in [0.15, 0.2) is 0 Å². The lowest BCUT2D eigenvalue weighted by Crippen LogP contribution is -2.63. The molecular formula is C32H51NO8S. The van der Waals surface area contributed by atoms with E-state index in [0.29, 0.717) is 36.5 Å². The van der Waals surface area contributed by atoms with Crippen molar-refractivity contribution in [1.29, 1.82) is 0 Å². The molecule has 0 aromatic heterocycles. The lowest BCUT2D eigenvalue weighted by atomic mass is 9.44. The van der Waals surface area contributed by atoms with Crippen molar-refractivity contribution in [3.8, 4) is 0 Å². The Morgan fingerprint density at radius 2 is 1.69 bits per heavy atom. The number of carboxylic acids is 2. The van der Waals surface area contributed by atoms with Gasteiger partial charge in [-0.3, -0.25) is 9.59 Å². The highest BCUT2D eigenvalue weighted by Crippen LogP contribution is 2.68. The van der Waals surface area contributed by atoms with Crippen molar-refractivity contribution in [3.63, 3.8) is 0 Å². The third kappa shape index (κ3) is 7.66. The maximum atomic E-state index is 13.4. The van der Waals surface area contributed by atoms with Crippen LogP contribution in [0.1, 0.15) is 73.6 Å². The van der Waals surface area contributed by atoms with Gasteiger partial charge in [-0.15, -0.1) is 18.3 Å². The lowest BCUT2D eigenvalue weighted by molar-refractivity contribution is -0.205. The zero-order valence-electron chi connectivity index (χ0n) is 26.1. The van der Waals surface area contributed by atoms with Crippen LogP contribution in [0.25, 0.3) is 0 Å². The predicted molar refractivity (Wildman–Crippen MR) is 164 cm³/mol. The van der Waals surface area contributed by atoms with Gasteiger partial charge < -0.3 is 25.0 Å². The van der Waals surface area contributed by atoms with Crippen LogP contribution in [0.3, 0.4) is 0 Å². The van der Waals surface area contributed by atoms with Gasteiger partial charge in [0.2, 0.25) is 0 Å². The molecule has 0 radical (unpaired) electrons. The Bertz CT molecular complexity index is 1010. The van der Waals surface area contributed by atoms with E-state index < -0.39 is 35.0 Å². The fourth-order valence-electron chi connectivity index (χ4n) is 7.73. The summed E-state index contributed by atoms with van der Waals surface area (Å²) in [5, 5.41) is 27.2. The number of aliphatic hydroxyl groups is 1. The predicted octanol–water partition coefficient (Wildman–Crippen LogP) is 4.68. The second-order valence-electron chi connectivity index (χ2n) is 12.7. The molecule has 8 atom stereocenters. The minimum atomic E-state index is -1.26. The van der Waals surface area contributed by atoms with Crippen molar-refractivity contribution >= 4 is 35.5 Å². The number of rotatable bonds is 11. The van der Waals surface area contributed by atoms with Crippen LogP contribution < -0.4 is 0 Å². The maximum absolute atomic E-state index is 13.4. The maximum Gasteiger partial charge on any atom is 0.328 e. The topological polar surface area (TPSA) is 141 Å². The van der Waals surface area contributed by atoms with Gasteiger partial charge in [0, 0.05) is 47.6 Å². The number of aliphatic carboxylic acids is 2. The molecule has 3 fully saturated rings. The van der Waals surface area contributed by atoms with Crippen LogP contribution in [-0.4, -0.2) is 87.3 Å². The number of thioether (sulfide) groups is 1. The number of ether oxygens (including phenoxy) is 1. The van der Waals surface area contributed by atoms with E-state index in [1.54, 1.807) is 11.8 Å². The Kier molecular flexibility index (Phi) is 12.9. The summed E-state index contributed by atoms with van der Waals surface area (Å²) in [6.45, 7) is 20.0. The first-order valence-corrected chi connectivity index (χ1v) is 16.3. The van der Waals surface area contributed by atoms with Crippen molar-refractivity contribution in [2.24, 2.45) is 34.0 Å². The molecule has 3 saturated carbocycles. The first-order chi connectivity index (χ1) is 19.6. The SMILES string of the molecule is C=C[C@]1(C)C[C@@H](OC(=O)CSCCN(CC)CC)[C@@]2(C)C(C)CC[C@]3(CCC(=O)[C@H]32)[C@@H](C)[C@@H]1O.O=C(O)C=CC(=O)O. The van der Waals surface area contributed by atoms with Gasteiger partial charge in [0.1, 0.15) is 11.9 Å². The molecule has 42 heavy (non-hydrogen) atoms. The van der Waals surface area contributed by atoms with Gasteiger partial charge in [-0.05, 0) is 56.0 Å². The fraction of sp³-hybridized carbons (Fsp3) is 0.750. The van der Waals surface area contributed by atoms with Crippen LogP contribution >= 0.6 is 11.8 Å². The number of nitrogens with zero attached hydrogens (tertiary/aromatic N) is 1. The van der Waals surface area contributed by atoms with Gasteiger partial charge in [-0.1, -0.05) is 47.6 Å². The Morgan fingerprint density at radius 3 is 2.21 bits per heavy atom. The van der Waals surface area contributed by atoms with E-state index in [0.717, 1.165) is 44.6 Å². The zero-order chi connectivity index (χ0) is 31.9. The van der Waals surface area contributed by atoms with Crippen LogP contribution in [0.4, 0.5) is 0 Å². The Balaban J connectivity index is 0.000000675. The molecule has 1 unspecified atom stereocenters. The second-order valence-corrected chi connectivity index (χ2v) is 13.8. The molecular weight excluding hydrogens is 558 g/mol. The van der Waals surface area contributed by atoms with Crippen molar-refractivity contribution in [2.45, 2.75) is 85.9 Å². The van der Waals surface area contributed by atoms with Crippen LogP contribution in [-0.2, 0) is 23.9 Å². The highest BCUT2D eigenvalue weighted by molar-refractivity contribution is 7.99. The van der Waals surface area contributed by atoms with E-state index in [4.69, 9.17) is 14.9 Å². The number of hydrogen-bond acceptors (Lipinski definition) is 8. The number of carbonyl (C=O) groups excluding carboxylic acids is 2. The quantitative estimate of drug-likeness (QED) is 0.131. The van der Waals surface area contributed by atoms with E-state index in [9.17, 15) is 24.3 Å². The average molecular weight is 610 g/mol. The van der Waals surface area contributed by atoms with Gasteiger partial charge in [0.25, 0.3) is 0 Å². The Labute approximate surface area is 255 Å². The first kappa shape index (κ1) is 36.0. The van der Waals surface area contributed by atoms with E-state index in [-0.39, 0.29) is 29.1 Å². The number of esters is 1. The van der Waals surface area contributed by atoms with E-state index in [2.05, 4.69) is 46.1 Å². The van der Waals surface area contributed by atoms with Crippen molar-refractivity contribution in [3.05, 3.63) is 24.8 Å². The summed E-state index contributed by atoms with van der Waals surface area (Å²) in [6, 6.07) is 0. The Morgan fingerprint density at radius 1 is 1.10 bits per heavy atom. The third-order valence-corrected chi connectivity index (χ3v) is 11.5. The summed E-state index contributed by atoms with van der Waals surface area (Å²) in [4.78, 5) is 48.0. The number of carbonyl (C=O) groups is 4. The largest absolute Gasteiger partial charge is 0.478 e. The van der Waals surface area contributed by atoms with E-state index in [1.807, 2.05) is 13.0 Å². The minimum Gasteiger partial charge on any atom is -0.478 e. The van der Waals surface area contributed by atoms with Gasteiger partial charge in [-0.25, -0.2) is 9.59 Å². The molecule has 0 heterocycles. The zero-order valence-corrected chi connectivity index (χ0v) is 27.0. The number of aliphatic hydroxyl groups excluding tert-OH is 1. The minimum absolute atomic E-state index is 0.00828. The molecule has 0 aromatic carbocycles. The molecule has 0 saturated heterocycles. The van der Waals surface area contributed by atoms with Crippen molar-refractivity contribution in [2.75, 3.05) is 31.1 Å². The average Bonchev–Trinajstić information content (AvgIpc) is 3.30. The molecule has 0 aromatic rings. The highest BCUT2D eigenvalue weighted by Gasteiger charge is 2.68. The molecule has 3 aliphatic carbocycles. The monoisotopic (exact) mass is 609 g/mol. The molecule has 0 spiro atoms. The first-order valence-electron chi connectivity index (χ1n) is 15.1. The van der Waals surface area contributed by atoms with Crippen molar-refractivity contribution < 1.29 is 39.2 Å². The number of carboxylic acid groups (broad SMARTS) is 2. The molecule has 3 aliphatic rings. The fourth-order valence-corrected chi connectivity index (χ4v) is 8.49. The highest BCUT2D eigenvalue weighted by atomic mass is 32.2. The third-order valence-electron chi connectivity index (χ3n) is 10.6. The van der Waals surface area contributed by atoms with Crippen LogP contribution in [0.2, 0.25) is 0 Å². The number of ketones is 1. The van der Waals surface area contributed by atoms with E-state index in [1.165, 1.54) is 0 Å². The summed E-state index contributed by atoms with van der Waals surface area (Å²) in [7, 11) is 0. The molecule has 238 valence electrons. The standard InChI is InChI=1S/C28H47NO4S.C4H4O4/c1-8-26(6)17-22(33-23(31)18-34-16-15-29(9-2)10-3)27(7)19(4)11-13-28(20(5)25(26)32)14-12-21(30)24(27)28;5-3(6)1-2-4(7)8/h8,19-20,22,24-25,32H,1,9-18H2,2-7H3;1-2H,(H,5,6)(H,7,8)/t19?,20-,22+,24-,25-,26+,27+,28-;/m0./s1. The van der Waals surface area contributed by atoms with Crippen LogP contribution in [0.15, 0.2) is 24.8 Å². The van der Waals surface area contributed by atoms with Gasteiger partial charge >= 0.3 is 17.9 Å². The van der Waals surface area contributed by atoms with Gasteiger partial charge in [0.05, 0.1) is 11.9 Å².